The number of allylic oxidation sites excluding steroid dienone is 4. The molecule has 324 valence electrons. The quantitative estimate of drug-likeness (QED) is 0.154. The Morgan fingerprint density at radius 3 is 1.20 bits per heavy atom. The number of fused-ring (bicyclic) bond motifs is 3. The van der Waals surface area contributed by atoms with Crippen molar-refractivity contribution in [1.29, 1.82) is 0 Å². The van der Waals surface area contributed by atoms with E-state index in [9.17, 15) is 0 Å². The summed E-state index contributed by atoms with van der Waals surface area (Å²) in [6.07, 6.45) is 11.9. The van der Waals surface area contributed by atoms with Crippen molar-refractivity contribution in [1.82, 2.24) is 0 Å². The predicted octanol–water partition coefficient (Wildman–Crippen LogP) is 10.5. The molecule has 0 saturated heterocycles. The van der Waals surface area contributed by atoms with Gasteiger partial charge in [0.25, 0.3) is 0 Å². The molecule has 0 spiro atoms. The number of aryl methyl sites for hydroxylation is 2. The second kappa shape index (κ2) is 20.8. The van der Waals surface area contributed by atoms with Crippen LogP contribution in [0, 0.1) is 31.3 Å². The molecule has 5 aromatic carbocycles. The van der Waals surface area contributed by atoms with E-state index in [0.717, 1.165) is 0 Å². The molecule has 0 bridgehead atoms. The minimum Gasteiger partial charge on any atom is -1.00 e. The number of hydrogen-bond donors (Lipinski definition) is 0. The van der Waals surface area contributed by atoms with Crippen LogP contribution >= 0.6 is 0 Å². The SMILES string of the molecule is CC(C)(C)c1cc2[cH-]c3cc(C(C)(C)C)c(C(C)(C)C)cc3c2cc1C(C)(C)C.CCCCC1[C-]=CC(C(C)(C)C)=C1.Cc1ccc([C](=[Zr+2])c2ccc(C)cc2)cc1.[Cl-].[Cl-]. The van der Waals surface area contributed by atoms with Gasteiger partial charge in [-0.2, -0.15) is 11.6 Å². The van der Waals surface area contributed by atoms with Gasteiger partial charge in [-0.3, -0.25) is 6.08 Å². The first-order valence-electron chi connectivity index (χ1n) is 21.9. The average molecular weight is 923 g/mol. The van der Waals surface area contributed by atoms with Gasteiger partial charge in [0.1, 0.15) is 0 Å². The summed E-state index contributed by atoms with van der Waals surface area (Å²) < 4.78 is 1.42. The first kappa shape index (κ1) is 53.7. The Labute approximate surface area is 395 Å². The van der Waals surface area contributed by atoms with E-state index in [1.54, 1.807) is 0 Å². The van der Waals surface area contributed by atoms with Gasteiger partial charge in [0.15, 0.2) is 0 Å². The van der Waals surface area contributed by atoms with E-state index in [4.69, 9.17) is 0 Å². The van der Waals surface area contributed by atoms with Crippen LogP contribution in [0.15, 0.2) is 96.6 Å². The van der Waals surface area contributed by atoms with Gasteiger partial charge in [-0.1, -0.05) is 176 Å². The molecule has 0 N–H and O–H groups in total. The summed E-state index contributed by atoms with van der Waals surface area (Å²) >= 11 is 1.46. The molecular formula is C57H76Cl2Zr-2. The second-order valence-corrected chi connectivity index (χ2v) is 23.4. The van der Waals surface area contributed by atoms with Gasteiger partial charge < -0.3 is 24.8 Å². The molecule has 0 fully saturated rings. The molecule has 0 saturated carbocycles. The normalized spacial score (nSPS) is 14.4. The summed E-state index contributed by atoms with van der Waals surface area (Å²) in [4.78, 5) is 0. The van der Waals surface area contributed by atoms with Gasteiger partial charge in [-0.25, -0.2) is 6.08 Å². The fraction of sp³-hybridized carbons (Fsp3) is 0.474. The van der Waals surface area contributed by atoms with E-state index in [0.29, 0.717) is 11.3 Å². The topological polar surface area (TPSA) is 0 Å². The first-order chi connectivity index (χ1) is 26.6. The molecule has 0 nitrogen and oxygen atoms in total. The smallest absolute Gasteiger partial charge is 1.00 e. The van der Waals surface area contributed by atoms with E-state index in [2.05, 4.69) is 222 Å². The fourth-order valence-corrected chi connectivity index (χ4v) is 8.58. The van der Waals surface area contributed by atoms with E-state index in [1.807, 2.05) is 0 Å². The molecule has 0 aromatic heterocycles. The Kier molecular flexibility index (Phi) is 18.6. The standard InChI is InChI=1S/C29H41.C15H14.C13H21.2ClH.Zr/c1-26(2,3)22-14-18-13-19-15-23(27(4,5)6)25(29(10,11)12)17-21(19)20(18)16-24(22)28(7,8)9;1-12-3-7-14(8-4-12)11-15-9-5-13(2)6-10-15;1-5-6-7-11-8-9-12(10-11)13(2,3)4;;;/h13-17H,1-12H3;3-10H,1-2H3;9-11H,5-7H2,1-4H3;2*1H;/q-1;;-1;;;+2/p-2. The Bertz CT molecular complexity index is 2110. The van der Waals surface area contributed by atoms with Gasteiger partial charge in [0, 0.05) is 0 Å². The van der Waals surface area contributed by atoms with E-state index in [1.165, 1.54) is 118 Å². The Balaban J connectivity index is 0.000000338. The number of unbranched alkanes of at least 4 members (excludes halogenated alkanes) is 1. The molecule has 1 unspecified atom stereocenters. The van der Waals surface area contributed by atoms with Crippen LogP contribution in [0.4, 0.5) is 0 Å². The maximum atomic E-state index is 3.43. The number of halogens is 2. The number of rotatable bonds is 5. The van der Waals surface area contributed by atoms with Crippen molar-refractivity contribution in [3.8, 4) is 0 Å². The zero-order valence-corrected chi connectivity index (χ0v) is 44.6. The van der Waals surface area contributed by atoms with Crippen molar-refractivity contribution in [3.05, 3.63) is 147 Å². The van der Waals surface area contributed by atoms with Gasteiger partial charge in [0.05, 0.1) is 0 Å². The zero-order chi connectivity index (χ0) is 43.6. The van der Waals surface area contributed by atoms with Crippen molar-refractivity contribution in [2.45, 2.75) is 166 Å². The van der Waals surface area contributed by atoms with E-state index >= 15 is 0 Å². The summed E-state index contributed by atoms with van der Waals surface area (Å²) in [7, 11) is 0. The maximum Gasteiger partial charge on any atom is -1.00 e. The number of hydrogen-bond acceptors (Lipinski definition) is 0. The van der Waals surface area contributed by atoms with Crippen LogP contribution < -0.4 is 24.8 Å². The molecule has 0 amide bonds. The molecule has 0 heterocycles. The predicted molar refractivity (Wildman–Crippen MR) is 256 cm³/mol. The third-order valence-corrected chi connectivity index (χ3v) is 12.9. The van der Waals surface area contributed by atoms with Crippen LogP contribution in [0.2, 0.25) is 0 Å². The average Bonchev–Trinajstić information content (AvgIpc) is 3.74. The Morgan fingerprint density at radius 1 is 0.550 bits per heavy atom. The van der Waals surface area contributed by atoms with Crippen LogP contribution in [0.5, 0.6) is 0 Å². The summed E-state index contributed by atoms with van der Waals surface area (Å²) in [6.45, 7) is 41.3. The maximum absolute atomic E-state index is 3.43. The molecule has 60 heavy (non-hydrogen) atoms. The van der Waals surface area contributed by atoms with Crippen molar-refractivity contribution in [2.24, 2.45) is 11.3 Å². The van der Waals surface area contributed by atoms with Crippen LogP contribution in [0.1, 0.15) is 175 Å². The summed E-state index contributed by atoms with van der Waals surface area (Å²) in [5.41, 5.74) is 13.5. The van der Waals surface area contributed by atoms with Crippen LogP contribution in [-0.4, -0.2) is 3.21 Å². The van der Waals surface area contributed by atoms with Crippen molar-refractivity contribution < 1.29 is 49.0 Å². The summed E-state index contributed by atoms with van der Waals surface area (Å²) in [5, 5.41) is 5.57. The van der Waals surface area contributed by atoms with Crippen molar-refractivity contribution >= 4 is 24.8 Å². The molecule has 6 rings (SSSR count). The summed E-state index contributed by atoms with van der Waals surface area (Å²) in [5.74, 6) is 0.592. The Hall–Kier alpha value is -2.44. The van der Waals surface area contributed by atoms with Gasteiger partial charge in [-0.15, -0.1) is 39.7 Å². The molecule has 1 aliphatic carbocycles. The molecule has 1 atom stereocenters. The largest absolute Gasteiger partial charge is 1.00 e. The first-order valence-corrected chi connectivity index (χ1v) is 23.1. The molecule has 3 heteroatoms. The minimum absolute atomic E-state index is 0. The Morgan fingerprint density at radius 2 is 0.900 bits per heavy atom. The molecular weight excluding hydrogens is 847 g/mol. The molecule has 0 aliphatic heterocycles. The van der Waals surface area contributed by atoms with Gasteiger partial charge in [-0.05, 0) is 21.7 Å². The number of benzene rings is 4. The van der Waals surface area contributed by atoms with Crippen molar-refractivity contribution in [2.75, 3.05) is 0 Å². The minimum atomic E-state index is 0. The monoisotopic (exact) mass is 920 g/mol. The third-order valence-electron chi connectivity index (χ3n) is 11.5. The van der Waals surface area contributed by atoms with Crippen LogP contribution in [-0.2, 0) is 45.9 Å². The van der Waals surface area contributed by atoms with E-state index < -0.39 is 0 Å². The third kappa shape index (κ3) is 14.0. The fourth-order valence-electron chi connectivity index (χ4n) is 7.76. The molecule has 0 radical (unpaired) electrons. The van der Waals surface area contributed by atoms with Gasteiger partial charge in [0.2, 0.25) is 0 Å². The second-order valence-electron chi connectivity index (χ2n) is 22.2. The summed E-state index contributed by atoms with van der Waals surface area (Å²) in [6, 6.07) is 29.8. The van der Waals surface area contributed by atoms with Crippen LogP contribution in [0.25, 0.3) is 21.5 Å². The van der Waals surface area contributed by atoms with Gasteiger partial charge >= 0.3 is 112 Å². The molecule has 5 aromatic rings. The zero-order valence-electron chi connectivity index (χ0n) is 40.6. The van der Waals surface area contributed by atoms with Crippen molar-refractivity contribution in [3.63, 3.8) is 0 Å². The van der Waals surface area contributed by atoms with E-state index in [-0.39, 0.29) is 46.5 Å². The molecule has 1 aliphatic rings. The van der Waals surface area contributed by atoms with Crippen LogP contribution in [0.3, 0.4) is 0 Å².